The summed E-state index contributed by atoms with van der Waals surface area (Å²) in [5.74, 6) is 0.216. The Bertz CT molecular complexity index is 418. The molecule has 0 bridgehead atoms. The van der Waals surface area contributed by atoms with Crippen LogP contribution in [0.5, 0.6) is 0 Å². The number of carbonyl (C=O) groups excluding carboxylic acids is 1. The van der Waals surface area contributed by atoms with Crippen LogP contribution in [-0.2, 0) is 14.8 Å². The van der Waals surface area contributed by atoms with Gasteiger partial charge in [0.2, 0.25) is 10.0 Å². The quantitative estimate of drug-likeness (QED) is 0.634. The van der Waals surface area contributed by atoms with Crippen LogP contribution < -0.4 is 10.0 Å². The van der Waals surface area contributed by atoms with Gasteiger partial charge in [-0.15, -0.1) is 0 Å². The average molecular weight is 306 g/mol. The third kappa shape index (κ3) is 9.80. The molecule has 7 heteroatoms. The van der Waals surface area contributed by atoms with E-state index >= 15 is 0 Å². The number of alkyl carbamates (subject to hydrolysis) is 1. The molecule has 0 fully saturated rings. The van der Waals surface area contributed by atoms with Crippen molar-refractivity contribution in [3.05, 3.63) is 12.2 Å². The third-order valence-corrected chi connectivity index (χ3v) is 3.82. The van der Waals surface area contributed by atoms with Crippen molar-refractivity contribution in [2.45, 2.75) is 40.2 Å². The number of sulfonamides is 1. The highest BCUT2D eigenvalue weighted by Crippen LogP contribution is 2.05. The molecule has 1 amide bonds. The van der Waals surface area contributed by atoms with E-state index in [9.17, 15) is 13.2 Å². The highest BCUT2D eigenvalue weighted by Gasteiger charge is 2.18. The number of hydrogen-bond donors (Lipinski definition) is 2. The lowest BCUT2D eigenvalue weighted by molar-refractivity contribution is 0.146. The summed E-state index contributed by atoms with van der Waals surface area (Å²) < 4.78 is 30.7. The lowest BCUT2D eigenvalue weighted by Crippen LogP contribution is -2.45. The molecule has 2 N–H and O–H groups in total. The normalized spacial score (nSPS) is 13.1. The molecule has 118 valence electrons. The lowest BCUT2D eigenvalue weighted by Gasteiger charge is -2.20. The van der Waals surface area contributed by atoms with Crippen molar-refractivity contribution < 1.29 is 17.9 Å². The second-order valence-corrected chi connectivity index (χ2v) is 7.06. The van der Waals surface area contributed by atoms with Crippen molar-refractivity contribution >= 4 is 16.1 Å². The van der Waals surface area contributed by atoms with E-state index in [4.69, 9.17) is 4.74 Å². The van der Waals surface area contributed by atoms with Gasteiger partial charge >= 0.3 is 6.09 Å². The summed E-state index contributed by atoms with van der Waals surface area (Å²) in [6.45, 7) is 11.4. The first-order valence-corrected chi connectivity index (χ1v) is 8.36. The van der Waals surface area contributed by atoms with Crippen molar-refractivity contribution in [3.63, 3.8) is 0 Å². The zero-order valence-electron chi connectivity index (χ0n) is 12.7. The molecule has 0 aliphatic rings. The molecular formula is C13H26N2O4S. The Morgan fingerprint density at radius 1 is 1.35 bits per heavy atom. The Hall–Kier alpha value is -1.08. The predicted octanol–water partition coefficient (Wildman–Crippen LogP) is 1.64. The van der Waals surface area contributed by atoms with Crippen LogP contribution in [0.15, 0.2) is 12.2 Å². The standard InChI is InChI=1S/C13H26N2O4S/c1-6-19-13(16)15-12(7-10(2)3)8-14-20(17,18)9-11(4)5/h10,12,14H,4,6-9H2,1-3,5H3,(H,15,16)/t12-/m0/s1. The van der Waals surface area contributed by atoms with Gasteiger partial charge in [-0.25, -0.2) is 17.9 Å². The Labute approximate surface area is 122 Å². The van der Waals surface area contributed by atoms with Gasteiger partial charge in [0, 0.05) is 12.6 Å². The number of ether oxygens (including phenoxy) is 1. The molecule has 0 saturated carbocycles. The fraction of sp³-hybridized carbons (Fsp3) is 0.769. The fourth-order valence-corrected chi connectivity index (χ4v) is 2.91. The second kappa shape index (κ2) is 8.97. The van der Waals surface area contributed by atoms with Gasteiger partial charge in [-0.1, -0.05) is 26.0 Å². The minimum atomic E-state index is -3.40. The maximum atomic E-state index is 11.7. The topological polar surface area (TPSA) is 84.5 Å². The summed E-state index contributed by atoms with van der Waals surface area (Å²) in [6, 6.07) is -0.297. The number of nitrogens with one attached hydrogen (secondary N) is 2. The lowest BCUT2D eigenvalue weighted by atomic mass is 10.0. The van der Waals surface area contributed by atoms with E-state index in [0.717, 1.165) is 0 Å². The van der Waals surface area contributed by atoms with Gasteiger partial charge in [0.1, 0.15) is 0 Å². The number of amides is 1. The van der Waals surface area contributed by atoms with E-state index in [1.54, 1.807) is 13.8 Å². The maximum absolute atomic E-state index is 11.7. The molecule has 6 nitrogen and oxygen atoms in total. The van der Waals surface area contributed by atoms with Gasteiger partial charge in [0.25, 0.3) is 0 Å². The maximum Gasteiger partial charge on any atom is 0.407 e. The Balaban J connectivity index is 4.50. The van der Waals surface area contributed by atoms with Crippen LogP contribution in [-0.4, -0.2) is 39.5 Å². The largest absolute Gasteiger partial charge is 0.450 e. The van der Waals surface area contributed by atoms with E-state index in [2.05, 4.69) is 16.6 Å². The van der Waals surface area contributed by atoms with Crippen LogP contribution in [0.2, 0.25) is 0 Å². The van der Waals surface area contributed by atoms with E-state index in [0.29, 0.717) is 17.9 Å². The summed E-state index contributed by atoms with van der Waals surface area (Å²) in [5, 5.41) is 2.66. The molecule has 0 radical (unpaired) electrons. The fourth-order valence-electron chi connectivity index (χ4n) is 1.70. The molecule has 0 aliphatic heterocycles. The van der Waals surface area contributed by atoms with Gasteiger partial charge in [-0.3, -0.25) is 0 Å². The molecule has 0 rings (SSSR count). The SMILES string of the molecule is C=C(C)CS(=O)(=O)NC[C@H](CC(C)C)NC(=O)OCC. The molecule has 0 aromatic heterocycles. The van der Waals surface area contributed by atoms with Crippen molar-refractivity contribution in [3.8, 4) is 0 Å². The Morgan fingerprint density at radius 2 is 1.95 bits per heavy atom. The molecule has 0 aromatic rings. The number of carbonyl (C=O) groups is 1. The van der Waals surface area contributed by atoms with Gasteiger partial charge in [-0.05, 0) is 26.2 Å². The van der Waals surface area contributed by atoms with E-state index in [1.165, 1.54) is 0 Å². The van der Waals surface area contributed by atoms with E-state index < -0.39 is 16.1 Å². The molecule has 1 atom stereocenters. The van der Waals surface area contributed by atoms with E-state index in [-0.39, 0.29) is 24.9 Å². The van der Waals surface area contributed by atoms with Crippen LogP contribution in [0.4, 0.5) is 4.79 Å². The molecular weight excluding hydrogens is 280 g/mol. The van der Waals surface area contributed by atoms with Gasteiger partial charge in [0.05, 0.1) is 12.4 Å². The third-order valence-electron chi connectivity index (χ3n) is 2.34. The van der Waals surface area contributed by atoms with Crippen LogP contribution in [0, 0.1) is 5.92 Å². The molecule has 0 unspecified atom stereocenters. The average Bonchev–Trinajstić information content (AvgIpc) is 2.23. The smallest absolute Gasteiger partial charge is 0.407 e. The number of hydrogen-bond acceptors (Lipinski definition) is 4. The molecule has 0 spiro atoms. The van der Waals surface area contributed by atoms with E-state index in [1.807, 2.05) is 13.8 Å². The highest BCUT2D eigenvalue weighted by molar-refractivity contribution is 7.89. The van der Waals surface area contributed by atoms with Crippen LogP contribution >= 0.6 is 0 Å². The molecule has 20 heavy (non-hydrogen) atoms. The van der Waals surface area contributed by atoms with Crippen molar-refractivity contribution in [1.29, 1.82) is 0 Å². The minimum absolute atomic E-state index is 0.110. The summed E-state index contributed by atoms with van der Waals surface area (Å²) in [4.78, 5) is 11.4. The van der Waals surface area contributed by atoms with Gasteiger partial charge < -0.3 is 10.1 Å². The molecule has 0 aromatic carbocycles. The monoisotopic (exact) mass is 306 g/mol. The summed E-state index contributed by atoms with van der Waals surface area (Å²) in [6.07, 6.45) is 0.131. The zero-order valence-corrected chi connectivity index (χ0v) is 13.5. The summed E-state index contributed by atoms with van der Waals surface area (Å²) in [7, 11) is -3.40. The summed E-state index contributed by atoms with van der Waals surface area (Å²) >= 11 is 0. The Kier molecular flexibility index (Phi) is 8.48. The predicted molar refractivity (Wildman–Crippen MR) is 80.0 cm³/mol. The zero-order chi connectivity index (χ0) is 15.8. The van der Waals surface area contributed by atoms with Crippen LogP contribution in [0.1, 0.15) is 34.1 Å². The van der Waals surface area contributed by atoms with Crippen LogP contribution in [0.25, 0.3) is 0 Å². The second-order valence-electron chi connectivity index (χ2n) is 5.26. The van der Waals surface area contributed by atoms with Gasteiger partial charge in [-0.2, -0.15) is 0 Å². The molecule has 0 saturated heterocycles. The highest BCUT2D eigenvalue weighted by atomic mass is 32.2. The first-order chi connectivity index (χ1) is 9.16. The Morgan fingerprint density at radius 3 is 2.40 bits per heavy atom. The molecule has 0 aliphatic carbocycles. The first-order valence-electron chi connectivity index (χ1n) is 6.71. The van der Waals surface area contributed by atoms with Crippen LogP contribution in [0.3, 0.4) is 0 Å². The van der Waals surface area contributed by atoms with Crippen molar-refractivity contribution in [1.82, 2.24) is 10.0 Å². The summed E-state index contributed by atoms with van der Waals surface area (Å²) in [5.41, 5.74) is 0.566. The van der Waals surface area contributed by atoms with Crippen molar-refractivity contribution in [2.24, 2.45) is 5.92 Å². The minimum Gasteiger partial charge on any atom is -0.450 e. The number of rotatable bonds is 9. The van der Waals surface area contributed by atoms with Crippen molar-refractivity contribution in [2.75, 3.05) is 18.9 Å². The first kappa shape index (κ1) is 18.9. The molecule has 0 heterocycles. The van der Waals surface area contributed by atoms with Gasteiger partial charge in [0.15, 0.2) is 0 Å².